The molecule has 8 heteroatoms. The molecule has 1 aliphatic rings. The number of hydrogen-bond donors (Lipinski definition) is 1. The average Bonchev–Trinajstić information content (AvgIpc) is 2.98. The van der Waals surface area contributed by atoms with Crippen molar-refractivity contribution in [1.29, 1.82) is 0 Å². The lowest BCUT2D eigenvalue weighted by atomic mass is 10.1. The molecular formula is C21H22ClNO6. The first-order valence-corrected chi connectivity index (χ1v) is 9.60. The molecule has 2 aromatic carbocycles. The molecule has 0 saturated heterocycles. The Bertz CT molecular complexity index is 868. The lowest BCUT2D eigenvalue weighted by Crippen LogP contribution is -2.30. The summed E-state index contributed by atoms with van der Waals surface area (Å²) in [5, 5.41) is 2.98. The molecule has 1 amide bonds. The smallest absolute Gasteiger partial charge is 0.338 e. The van der Waals surface area contributed by atoms with Gasteiger partial charge in [0.05, 0.1) is 30.9 Å². The number of halogens is 1. The summed E-state index contributed by atoms with van der Waals surface area (Å²) in [5.74, 6) is 0.544. The van der Waals surface area contributed by atoms with E-state index in [1.807, 2.05) is 24.3 Å². The number of hydrogen-bond acceptors (Lipinski definition) is 6. The van der Waals surface area contributed by atoms with Crippen LogP contribution in [0, 0.1) is 0 Å². The molecule has 154 valence electrons. The zero-order valence-electron chi connectivity index (χ0n) is 16.0. The quantitative estimate of drug-likeness (QED) is 0.694. The lowest BCUT2D eigenvalue weighted by Gasteiger charge is -2.11. The predicted molar refractivity (Wildman–Crippen MR) is 107 cm³/mol. The largest absolute Gasteiger partial charge is 0.497 e. The first-order chi connectivity index (χ1) is 14.1. The number of methoxy groups -OCH3 is 1. The van der Waals surface area contributed by atoms with Crippen LogP contribution in [0.5, 0.6) is 17.2 Å². The number of amides is 1. The van der Waals surface area contributed by atoms with Gasteiger partial charge in [0, 0.05) is 13.0 Å². The van der Waals surface area contributed by atoms with Crippen molar-refractivity contribution < 1.29 is 28.5 Å². The summed E-state index contributed by atoms with van der Waals surface area (Å²) >= 11 is 6.17. The van der Waals surface area contributed by atoms with Crippen LogP contribution < -0.4 is 19.5 Å². The average molecular weight is 420 g/mol. The molecule has 1 heterocycles. The summed E-state index contributed by atoms with van der Waals surface area (Å²) < 4.78 is 21.3. The summed E-state index contributed by atoms with van der Waals surface area (Å²) in [6.07, 6.45) is 1.38. The molecule has 3 rings (SSSR count). The minimum absolute atomic E-state index is 0.199. The highest BCUT2D eigenvalue weighted by molar-refractivity contribution is 6.32. The van der Waals surface area contributed by atoms with Gasteiger partial charge in [0.2, 0.25) is 0 Å². The third-order valence-corrected chi connectivity index (χ3v) is 4.55. The third-order valence-electron chi connectivity index (χ3n) is 4.27. The van der Waals surface area contributed by atoms with E-state index in [4.69, 9.17) is 30.5 Å². The van der Waals surface area contributed by atoms with Crippen molar-refractivity contribution in [3.05, 3.63) is 52.5 Å². The first-order valence-electron chi connectivity index (χ1n) is 9.22. The monoisotopic (exact) mass is 419 g/mol. The normalized spacial score (nSPS) is 12.6. The number of rotatable bonds is 7. The highest BCUT2D eigenvalue weighted by atomic mass is 35.5. The van der Waals surface area contributed by atoms with E-state index in [1.54, 1.807) is 7.11 Å². The van der Waals surface area contributed by atoms with Crippen molar-refractivity contribution >= 4 is 23.5 Å². The highest BCUT2D eigenvalue weighted by Gasteiger charge is 2.19. The Morgan fingerprint density at radius 3 is 2.66 bits per heavy atom. The summed E-state index contributed by atoms with van der Waals surface area (Å²) in [6, 6.07) is 10.5. The van der Waals surface area contributed by atoms with Crippen molar-refractivity contribution in [2.24, 2.45) is 0 Å². The Morgan fingerprint density at radius 2 is 1.90 bits per heavy atom. The van der Waals surface area contributed by atoms with Gasteiger partial charge in [-0.05, 0) is 36.2 Å². The summed E-state index contributed by atoms with van der Waals surface area (Å²) in [5.41, 5.74) is 1.26. The van der Waals surface area contributed by atoms with Gasteiger partial charge in [0.1, 0.15) is 5.75 Å². The van der Waals surface area contributed by atoms with Crippen LogP contribution in [0.4, 0.5) is 0 Å². The van der Waals surface area contributed by atoms with Crippen molar-refractivity contribution in [3.8, 4) is 17.2 Å². The maximum atomic E-state index is 12.3. The Kier molecular flexibility index (Phi) is 7.19. The number of carbonyl (C=O) groups excluding carboxylic acids is 2. The van der Waals surface area contributed by atoms with Crippen LogP contribution in [0.25, 0.3) is 0 Å². The van der Waals surface area contributed by atoms with Gasteiger partial charge in [-0.3, -0.25) is 4.79 Å². The van der Waals surface area contributed by atoms with Crippen molar-refractivity contribution in [2.45, 2.75) is 12.8 Å². The minimum atomic E-state index is -0.659. The molecular weight excluding hydrogens is 398 g/mol. The van der Waals surface area contributed by atoms with E-state index in [9.17, 15) is 9.59 Å². The molecule has 0 radical (unpaired) electrons. The first kappa shape index (κ1) is 20.8. The van der Waals surface area contributed by atoms with Gasteiger partial charge in [-0.25, -0.2) is 4.79 Å². The van der Waals surface area contributed by atoms with E-state index in [0.717, 1.165) is 17.7 Å². The van der Waals surface area contributed by atoms with E-state index in [1.165, 1.54) is 12.1 Å². The van der Waals surface area contributed by atoms with Gasteiger partial charge in [-0.1, -0.05) is 23.7 Å². The molecule has 0 bridgehead atoms. The Labute approximate surface area is 173 Å². The van der Waals surface area contributed by atoms with Crippen molar-refractivity contribution in [2.75, 3.05) is 33.5 Å². The van der Waals surface area contributed by atoms with E-state index in [2.05, 4.69) is 5.32 Å². The number of ether oxygens (including phenoxy) is 4. The van der Waals surface area contributed by atoms with Crippen LogP contribution in [0.1, 0.15) is 22.3 Å². The predicted octanol–water partition coefficient (Wildman–Crippen LogP) is 3.03. The van der Waals surface area contributed by atoms with E-state index in [0.29, 0.717) is 37.7 Å². The fourth-order valence-electron chi connectivity index (χ4n) is 2.75. The summed E-state index contributed by atoms with van der Waals surface area (Å²) in [4.78, 5) is 24.2. The molecule has 0 unspecified atom stereocenters. The van der Waals surface area contributed by atoms with Crippen molar-refractivity contribution in [1.82, 2.24) is 5.32 Å². The van der Waals surface area contributed by atoms with Gasteiger partial charge in [0.15, 0.2) is 18.1 Å². The van der Waals surface area contributed by atoms with E-state index in [-0.39, 0.29) is 23.1 Å². The Balaban J connectivity index is 1.46. The zero-order valence-corrected chi connectivity index (χ0v) is 16.8. The van der Waals surface area contributed by atoms with Crippen LogP contribution in [0.2, 0.25) is 5.02 Å². The number of carbonyl (C=O) groups is 2. The highest BCUT2D eigenvalue weighted by Crippen LogP contribution is 2.38. The summed E-state index contributed by atoms with van der Waals surface area (Å²) in [7, 11) is 1.61. The number of nitrogens with one attached hydrogen (secondary N) is 1. The molecule has 0 atom stereocenters. The van der Waals surface area contributed by atoms with Crippen LogP contribution in [-0.4, -0.2) is 45.4 Å². The molecule has 0 aromatic heterocycles. The molecule has 1 N–H and O–H groups in total. The van der Waals surface area contributed by atoms with Gasteiger partial charge < -0.3 is 24.3 Å². The molecule has 0 aliphatic carbocycles. The lowest BCUT2D eigenvalue weighted by molar-refractivity contribution is -0.124. The molecule has 7 nitrogen and oxygen atoms in total. The maximum absolute atomic E-state index is 12.3. The number of esters is 1. The molecule has 1 aliphatic heterocycles. The second-order valence-corrected chi connectivity index (χ2v) is 6.77. The number of benzene rings is 2. The molecule has 0 saturated carbocycles. The number of fused-ring (bicyclic) bond motifs is 1. The summed E-state index contributed by atoms with van der Waals surface area (Å²) in [6.45, 7) is 1.01. The Morgan fingerprint density at radius 1 is 1.14 bits per heavy atom. The molecule has 0 fully saturated rings. The molecule has 0 spiro atoms. The fraction of sp³-hybridized carbons (Fsp3) is 0.333. The van der Waals surface area contributed by atoms with Crippen LogP contribution in [-0.2, 0) is 16.0 Å². The van der Waals surface area contributed by atoms with Gasteiger partial charge in [0.25, 0.3) is 5.91 Å². The second kappa shape index (κ2) is 10.0. The maximum Gasteiger partial charge on any atom is 0.338 e. The van der Waals surface area contributed by atoms with Gasteiger partial charge in [-0.2, -0.15) is 0 Å². The van der Waals surface area contributed by atoms with Crippen LogP contribution in [0.3, 0.4) is 0 Å². The fourth-order valence-corrected chi connectivity index (χ4v) is 3.02. The van der Waals surface area contributed by atoms with Gasteiger partial charge in [-0.15, -0.1) is 0 Å². The van der Waals surface area contributed by atoms with Crippen LogP contribution >= 0.6 is 11.6 Å². The molecule has 29 heavy (non-hydrogen) atoms. The van der Waals surface area contributed by atoms with E-state index < -0.39 is 5.97 Å². The Hall–Kier alpha value is -2.93. The van der Waals surface area contributed by atoms with E-state index >= 15 is 0 Å². The van der Waals surface area contributed by atoms with Crippen molar-refractivity contribution in [3.63, 3.8) is 0 Å². The SMILES string of the molecule is COc1ccc(CCNC(=O)COC(=O)c2cc(Cl)c3c(c2)OCCCO3)cc1. The minimum Gasteiger partial charge on any atom is -0.497 e. The third kappa shape index (κ3) is 5.77. The zero-order chi connectivity index (χ0) is 20.6. The van der Waals surface area contributed by atoms with Gasteiger partial charge >= 0.3 is 5.97 Å². The topological polar surface area (TPSA) is 83.1 Å². The van der Waals surface area contributed by atoms with Crippen LogP contribution in [0.15, 0.2) is 36.4 Å². The standard InChI is InChI=1S/C21H22ClNO6/c1-26-16-5-3-14(4-6-16)7-8-23-19(24)13-29-21(25)15-11-17(22)20-18(12-15)27-9-2-10-28-20/h3-6,11-12H,2,7-10,13H2,1H3,(H,23,24). The molecule has 2 aromatic rings. The second-order valence-electron chi connectivity index (χ2n) is 6.36.